The number of fused-ring (bicyclic) bond motifs is 2. The summed E-state index contributed by atoms with van der Waals surface area (Å²) in [5.74, 6) is -0.0433. The number of pyridine rings is 1. The maximum atomic E-state index is 13.3. The van der Waals surface area contributed by atoms with Crippen LogP contribution in [0, 0.1) is 0 Å². The molecule has 0 spiro atoms. The first-order chi connectivity index (χ1) is 15.0. The zero-order chi connectivity index (χ0) is 22.0. The molecule has 7 heteroatoms. The molecular weight excluding hydrogens is 390 g/mol. The molecule has 4 rings (SSSR count). The van der Waals surface area contributed by atoms with E-state index in [0.717, 1.165) is 28.4 Å². The van der Waals surface area contributed by atoms with Gasteiger partial charge in [-0.25, -0.2) is 0 Å². The Labute approximate surface area is 180 Å². The van der Waals surface area contributed by atoms with Crippen molar-refractivity contribution in [1.82, 2.24) is 19.2 Å². The second-order valence-corrected chi connectivity index (χ2v) is 7.66. The second-order valence-electron chi connectivity index (χ2n) is 7.66. The van der Waals surface area contributed by atoms with E-state index in [-0.39, 0.29) is 18.0 Å². The van der Waals surface area contributed by atoms with Gasteiger partial charge in [0.2, 0.25) is 5.91 Å². The van der Waals surface area contributed by atoms with Gasteiger partial charge in [0.05, 0.1) is 22.8 Å². The Kier molecular flexibility index (Phi) is 5.75. The number of carbonyl (C=O) groups is 1. The molecular formula is C24H27N5O2. The van der Waals surface area contributed by atoms with Gasteiger partial charge in [-0.15, -0.1) is 0 Å². The van der Waals surface area contributed by atoms with Crippen molar-refractivity contribution in [1.29, 1.82) is 0 Å². The van der Waals surface area contributed by atoms with Crippen molar-refractivity contribution in [2.24, 2.45) is 7.05 Å². The van der Waals surface area contributed by atoms with Crippen LogP contribution in [0.1, 0.15) is 20.3 Å². The first kappa shape index (κ1) is 20.7. The van der Waals surface area contributed by atoms with Crippen LogP contribution in [0.3, 0.4) is 0 Å². The van der Waals surface area contributed by atoms with E-state index in [1.165, 1.54) is 4.57 Å². The van der Waals surface area contributed by atoms with Crippen LogP contribution >= 0.6 is 0 Å². The third-order valence-corrected chi connectivity index (χ3v) is 5.56. The molecule has 0 aliphatic carbocycles. The van der Waals surface area contributed by atoms with Crippen LogP contribution in [0.25, 0.3) is 21.7 Å². The zero-order valence-electron chi connectivity index (χ0n) is 18.1. The first-order valence-electron chi connectivity index (χ1n) is 10.6. The van der Waals surface area contributed by atoms with E-state index in [4.69, 9.17) is 0 Å². The summed E-state index contributed by atoms with van der Waals surface area (Å²) in [7, 11) is 1.91. The van der Waals surface area contributed by atoms with Gasteiger partial charge in [0, 0.05) is 37.4 Å². The fourth-order valence-electron chi connectivity index (χ4n) is 3.93. The SMILES string of the molecule is CCCN(CC)C(=O)Cn1ccc2cccc(Nc3ccc4c(cnn4C)c3)c2c1=O. The molecule has 2 heterocycles. The lowest BCUT2D eigenvalue weighted by molar-refractivity contribution is -0.131. The highest BCUT2D eigenvalue weighted by Gasteiger charge is 2.14. The highest BCUT2D eigenvalue weighted by Crippen LogP contribution is 2.26. The molecule has 0 aliphatic rings. The van der Waals surface area contributed by atoms with E-state index in [1.807, 2.05) is 74.2 Å². The summed E-state index contributed by atoms with van der Waals surface area (Å²) in [6.45, 7) is 5.37. The van der Waals surface area contributed by atoms with E-state index >= 15 is 0 Å². The van der Waals surface area contributed by atoms with Crippen LogP contribution in [0.2, 0.25) is 0 Å². The van der Waals surface area contributed by atoms with Crippen molar-refractivity contribution in [3.8, 4) is 0 Å². The number of rotatable bonds is 7. The molecule has 0 unspecified atom stereocenters. The highest BCUT2D eigenvalue weighted by molar-refractivity contribution is 5.95. The number of benzene rings is 2. The summed E-state index contributed by atoms with van der Waals surface area (Å²) in [5.41, 5.74) is 2.45. The molecule has 160 valence electrons. The number of hydrogen-bond acceptors (Lipinski definition) is 4. The number of aryl methyl sites for hydroxylation is 1. The zero-order valence-corrected chi connectivity index (χ0v) is 18.1. The third kappa shape index (κ3) is 4.03. The van der Waals surface area contributed by atoms with Crippen LogP contribution in [0.15, 0.2) is 59.7 Å². The Morgan fingerprint density at radius 2 is 1.97 bits per heavy atom. The molecule has 4 aromatic rings. The van der Waals surface area contributed by atoms with Gasteiger partial charge in [0.25, 0.3) is 5.56 Å². The number of amides is 1. The fraction of sp³-hybridized carbons (Fsp3) is 0.292. The predicted molar refractivity (Wildman–Crippen MR) is 125 cm³/mol. The van der Waals surface area contributed by atoms with E-state index < -0.39 is 0 Å². The van der Waals surface area contributed by atoms with Crippen molar-refractivity contribution < 1.29 is 4.79 Å². The predicted octanol–water partition coefficient (Wildman–Crippen LogP) is 3.89. The van der Waals surface area contributed by atoms with Crippen molar-refractivity contribution in [3.63, 3.8) is 0 Å². The average molecular weight is 418 g/mol. The van der Waals surface area contributed by atoms with E-state index in [0.29, 0.717) is 24.2 Å². The third-order valence-electron chi connectivity index (χ3n) is 5.56. The van der Waals surface area contributed by atoms with Gasteiger partial charge in [-0.1, -0.05) is 19.1 Å². The summed E-state index contributed by atoms with van der Waals surface area (Å²) in [6.07, 6.45) is 4.41. The molecule has 1 amide bonds. The molecule has 2 aromatic carbocycles. The Morgan fingerprint density at radius 1 is 1.13 bits per heavy atom. The number of likely N-dealkylation sites (N-methyl/N-ethyl adjacent to an activating group) is 1. The summed E-state index contributed by atoms with van der Waals surface area (Å²) in [5, 5.41) is 10.1. The van der Waals surface area contributed by atoms with E-state index in [2.05, 4.69) is 10.4 Å². The Hall–Kier alpha value is -3.61. The highest BCUT2D eigenvalue weighted by atomic mass is 16.2. The molecule has 1 N–H and O–H groups in total. The molecule has 0 atom stereocenters. The molecule has 31 heavy (non-hydrogen) atoms. The maximum absolute atomic E-state index is 13.3. The summed E-state index contributed by atoms with van der Waals surface area (Å²) < 4.78 is 3.32. The van der Waals surface area contributed by atoms with E-state index in [9.17, 15) is 9.59 Å². The van der Waals surface area contributed by atoms with Crippen LogP contribution in [0.4, 0.5) is 11.4 Å². The quantitative estimate of drug-likeness (QED) is 0.495. The number of nitrogens with one attached hydrogen (secondary N) is 1. The lowest BCUT2D eigenvalue weighted by Crippen LogP contribution is -2.36. The summed E-state index contributed by atoms with van der Waals surface area (Å²) >= 11 is 0. The van der Waals surface area contributed by atoms with Gasteiger partial charge in [-0.2, -0.15) is 5.10 Å². The van der Waals surface area contributed by atoms with Crippen LogP contribution in [0.5, 0.6) is 0 Å². The summed E-state index contributed by atoms with van der Waals surface area (Å²) in [6, 6.07) is 13.6. The Bertz CT molecular complexity index is 1300. The first-order valence-corrected chi connectivity index (χ1v) is 10.6. The fourth-order valence-corrected chi connectivity index (χ4v) is 3.93. The monoisotopic (exact) mass is 417 g/mol. The number of aromatic nitrogens is 3. The minimum atomic E-state index is -0.177. The van der Waals surface area contributed by atoms with Gasteiger partial charge in [0.15, 0.2) is 0 Å². The molecule has 0 fully saturated rings. The van der Waals surface area contributed by atoms with Gasteiger partial charge in [0.1, 0.15) is 6.54 Å². The minimum absolute atomic E-state index is 0.0403. The summed E-state index contributed by atoms with van der Waals surface area (Å²) in [4.78, 5) is 27.7. The van der Waals surface area contributed by atoms with Crippen molar-refractivity contribution in [3.05, 3.63) is 65.2 Å². The number of anilines is 2. The van der Waals surface area contributed by atoms with Gasteiger partial charge >= 0.3 is 0 Å². The number of hydrogen-bond donors (Lipinski definition) is 1. The smallest absolute Gasteiger partial charge is 0.261 e. The van der Waals surface area contributed by atoms with Crippen molar-refractivity contribution in [2.75, 3.05) is 18.4 Å². The minimum Gasteiger partial charge on any atom is -0.355 e. The Balaban J connectivity index is 1.70. The second kappa shape index (κ2) is 8.63. The van der Waals surface area contributed by atoms with Crippen LogP contribution in [-0.2, 0) is 18.4 Å². The Morgan fingerprint density at radius 3 is 2.74 bits per heavy atom. The molecule has 0 radical (unpaired) electrons. The maximum Gasteiger partial charge on any atom is 0.261 e. The molecule has 2 aromatic heterocycles. The lowest BCUT2D eigenvalue weighted by Gasteiger charge is -2.20. The van der Waals surface area contributed by atoms with Gasteiger partial charge < -0.3 is 14.8 Å². The van der Waals surface area contributed by atoms with Gasteiger partial charge in [-0.05, 0) is 49.1 Å². The number of carbonyl (C=O) groups excluding carboxylic acids is 1. The molecule has 0 aliphatic heterocycles. The molecule has 0 saturated heterocycles. The number of nitrogens with zero attached hydrogens (tertiary/aromatic N) is 4. The normalized spacial score (nSPS) is 11.2. The standard InChI is InChI=1S/C24H27N5O2/c1-4-12-28(5-2)22(30)16-29-13-11-17-7-6-8-20(23(17)24(29)31)26-19-9-10-21-18(14-19)15-25-27(21)3/h6-11,13-15,26H,4-5,12,16H2,1-3H3. The van der Waals surface area contributed by atoms with E-state index in [1.54, 1.807) is 11.1 Å². The van der Waals surface area contributed by atoms with Gasteiger partial charge in [-0.3, -0.25) is 14.3 Å². The van der Waals surface area contributed by atoms with Crippen molar-refractivity contribution >= 4 is 39.0 Å². The van der Waals surface area contributed by atoms with Crippen LogP contribution in [-0.4, -0.2) is 38.2 Å². The van der Waals surface area contributed by atoms with Crippen LogP contribution < -0.4 is 10.9 Å². The lowest BCUT2D eigenvalue weighted by atomic mass is 10.1. The topological polar surface area (TPSA) is 72.2 Å². The largest absolute Gasteiger partial charge is 0.355 e. The average Bonchev–Trinajstić information content (AvgIpc) is 3.14. The van der Waals surface area contributed by atoms with Crippen molar-refractivity contribution in [2.45, 2.75) is 26.8 Å². The molecule has 0 saturated carbocycles. The molecule has 0 bridgehead atoms. The molecule has 7 nitrogen and oxygen atoms in total.